The number of anilines is 1. The van der Waals surface area contributed by atoms with Crippen LogP contribution in [0, 0.1) is 5.41 Å². The van der Waals surface area contributed by atoms with E-state index in [0.717, 1.165) is 0 Å². The summed E-state index contributed by atoms with van der Waals surface area (Å²) < 4.78 is 5.33. The average molecular weight is 348 g/mol. The molecule has 1 aliphatic rings. The van der Waals surface area contributed by atoms with E-state index in [1.807, 2.05) is 20.8 Å². The van der Waals surface area contributed by atoms with Crippen molar-refractivity contribution < 1.29 is 24.2 Å². The van der Waals surface area contributed by atoms with Crippen molar-refractivity contribution in [2.24, 2.45) is 5.41 Å². The van der Waals surface area contributed by atoms with Crippen LogP contribution in [0.2, 0.25) is 0 Å². The van der Waals surface area contributed by atoms with Gasteiger partial charge < -0.3 is 15.2 Å². The van der Waals surface area contributed by atoms with Gasteiger partial charge in [-0.05, 0) is 30.4 Å². The summed E-state index contributed by atoms with van der Waals surface area (Å²) in [6.07, 6.45) is 0.988. The number of nitrogens with zero attached hydrogens (tertiary/aromatic N) is 1. The van der Waals surface area contributed by atoms with Gasteiger partial charge in [0.2, 0.25) is 5.91 Å². The maximum Gasteiger partial charge on any atom is 0.326 e. The Hall–Kier alpha value is -2.57. The van der Waals surface area contributed by atoms with E-state index in [9.17, 15) is 19.5 Å². The first-order valence-electron chi connectivity index (χ1n) is 8.22. The first-order valence-corrected chi connectivity index (χ1v) is 8.22. The van der Waals surface area contributed by atoms with E-state index in [1.165, 1.54) is 4.90 Å². The van der Waals surface area contributed by atoms with Gasteiger partial charge in [0.15, 0.2) is 6.61 Å². The molecule has 1 aromatic carbocycles. The summed E-state index contributed by atoms with van der Waals surface area (Å²) in [5.74, 6) is -1.40. The van der Waals surface area contributed by atoms with Gasteiger partial charge in [0.05, 0.1) is 5.69 Å². The Morgan fingerprint density at radius 1 is 1.32 bits per heavy atom. The zero-order valence-electron chi connectivity index (χ0n) is 14.7. The number of rotatable bonds is 6. The molecule has 1 unspecified atom stereocenters. The smallest absolute Gasteiger partial charge is 0.326 e. The predicted octanol–water partition coefficient (Wildman–Crippen LogP) is 1.81. The van der Waals surface area contributed by atoms with Gasteiger partial charge in [-0.1, -0.05) is 32.9 Å². The topological polar surface area (TPSA) is 95.9 Å². The maximum absolute atomic E-state index is 12.3. The number of nitrogens with one attached hydrogen (secondary N) is 1. The number of carbonyl (C=O) groups excluding carboxylic acids is 2. The summed E-state index contributed by atoms with van der Waals surface area (Å²) in [5.41, 5.74) is 0.479. The first-order chi connectivity index (χ1) is 11.7. The molecule has 25 heavy (non-hydrogen) atoms. The van der Waals surface area contributed by atoms with Crippen LogP contribution in [0.25, 0.3) is 0 Å². The number of benzene rings is 1. The lowest BCUT2D eigenvalue weighted by Gasteiger charge is -2.29. The summed E-state index contributed by atoms with van der Waals surface area (Å²) >= 11 is 0. The molecule has 1 atom stereocenters. The van der Waals surface area contributed by atoms with Crippen LogP contribution in [0.3, 0.4) is 0 Å². The molecule has 7 heteroatoms. The molecule has 0 saturated heterocycles. The van der Waals surface area contributed by atoms with Crippen molar-refractivity contribution >= 4 is 23.5 Å². The number of carbonyl (C=O) groups is 3. The Labute approximate surface area is 147 Å². The van der Waals surface area contributed by atoms with Gasteiger partial charge in [-0.15, -0.1) is 0 Å². The van der Waals surface area contributed by atoms with Gasteiger partial charge in [-0.25, -0.2) is 4.79 Å². The first kappa shape index (κ1) is 18.8. The van der Waals surface area contributed by atoms with Crippen molar-refractivity contribution in [1.82, 2.24) is 5.32 Å². The lowest BCUT2D eigenvalue weighted by atomic mass is 9.88. The SMILES string of the molecule is CC(C)(C)CCC(NC(=O)CN1C(=O)COc2ccccc21)C(=O)O. The van der Waals surface area contributed by atoms with Crippen LogP contribution in [0.1, 0.15) is 33.6 Å². The quantitative estimate of drug-likeness (QED) is 0.817. The second kappa shape index (κ2) is 7.55. The fourth-order valence-electron chi connectivity index (χ4n) is 2.55. The molecular weight excluding hydrogens is 324 g/mol. The highest BCUT2D eigenvalue weighted by Crippen LogP contribution is 2.31. The van der Waals surface area contributed by atoms with Gasteiger partial charge in [-0.2, -0.15) is 0 Å². The highest BCUT2D eigenvalue weighted by molar-refractivity contribution is 6.02. The molecule has 1 heterocycles. The van der Waals surface area contributed by atoms with E-state index in [0.29, 0.717) is 24.3 Å². The fourth-order valence-corrected chi connectivity index (χ4v) is 2.55. The van der Waals surface area contributed by atoms with E-state index >= 15 is 0 Å². The van der Waals surface area contributed by atoms with Crippen molar-refractivity contribution in [3.05, 3.63) is 24.3 Å². The monoisotopic (exact) mass is 348 g/mol. The number of hydrogen-bond donors (Lipinski definition) is 2. The minimum Gasteiger partial charge on any atom is -0.482 e. The standard InChI is InChI=1S/C18H24N2O5/c1-18(2,3)9-8-12(17(23)24)19-15(21)10-20-13-6-4-5-7-14(13)25-11-16(20)22/h4-7,12H,8-11H2,1-3H3,(H,19,21)(H,23,24). The lowest BCUT2D eigenvalue weighted by Crippen LogP contribution is -2.49. The Bertz CT molecular complexity index is 666. The van der Waals surface area contributed by atoms with Gasteiger partial charge in [-0.3, -0.25) is 14.5 Å². The number of carboxylic acids is 1. The molecule has 0 saturated carbocycles. The number of fused-ring (bicyclic) bond motifs is 1. The summed E-state index contributed by atoms with van der Waals surface area (Å²) in [5, 5.41) is 11.8. The van der Waals surface area contributed by atoms with Crippen LogP contribution in [-0.2, 0) is 14.4 Å². The minimum absolute atomic E-state index is 0.0302. The molecule has 2 rings (SSSR count). The number of ether oxygens (including phenoxy) is 1. The number of hydrogen-bond acceptors (Lipinski definition) is 4. The van der Waals surface area contributed by atoms with E-state index in [4.69, 9.17) is 4.74 Å². The number of aliphatic carboxylic acids is 1. The minimum atomic E-state index is -1.08. The Morgan fingerprint density at radius 2 is 2.00 bits per heavy atom. The third-order valence-corrected chi connectivity index (χ3v) is 3.93. The Morgan fingerprint density at radius 3 is 2.64 bits per heavy atom. The zero-order valence-corrected chi connectivity index (χ0v) is 14.7. The Kier molecular flexibility index (Phi) is 5.66. The largest absolute Gasteiger partial charge is 0.482 e. The summed E-state index contributed by atoms with van der Waals surface area (Å²) in [6.45, 7) is 5.65. The molecule has 0 bridgehead atoms. The summed E-state index contributed by atoms with van der Waals surface area (Å²) in [6, 6.07) is 5.96. The van der Waals surface area contributed by atoms with Crippen molar-refractivity contribution in [3.63, 3.8) is 0 Å². The second-order valence-electron chi connectivity index (χ2n) is 7.29. The zero-order chi connectivity index (χ0) is 18.6. The normalized spacial score (nSPS) is 15.2. The highest BCUT2D eigenvalue weighted by atomic mass is 16.5. The van der Waals surface area contributed by atoms with Gasteiger partial charge in [0.1, 0.15) is 18.3 Å². The molecule has 1 aromatic rings. The van der Waals surface area contributed by atoms with Gasteiger partial charge in [0.25, 0.3) is 5.91 Å². The van der Waals surface area contributed by atoms with Crippen molar-refractivity contribution in [1.29, 1.82) is 0 Å². The number of para-hydroxylation sites is 2. The van der Waals surface area contributed by atoms with Gasteiger partial charge >= 0.3 is 5.97 Å². The van der Waals surface area contributed by atoms with Crippen LogP contribution in [0.15, 0.2) is 24.3 Å². The average Bonchev–Trinajstić information content (AvgIpc) is 2.53. The molecule has 0 aliphatic carbocycles. The van der Waals surface area contributed by atoms with E-state index < -0.39 is 17.9 Å². The summed E-state index contributed by atoms with van der Waals surface area (Å²) in [4.78, 5) is 37.1. The molecule has 0 aromatic heterocycles. The Balaban J connectivity index is 2.03. The molecule has 136 valence electrons. The van der Waals surface area contributed by atoms with Crippen LogP contribution in [-0.4, -0.2) is 42.1 Å². The van der Waals surface area contributed by atoms with Crippen LogP contribution in [0.4, 0.5) is 5.69 Å². The van der Waals surface area contributed by atoms with Crippen LogP contribution < -0.4 is 15.0 Å². The molecule has 0 fully saturated rings. The summed E-state index contributed by atoms with van der Waals surface area (Å²) in [7, 11) is 0. The molecule has 1 aliphatic heterocycles. The van der Waals surface area contributed by atoms with Gasteiger partial charge in [0, 0.05) is 0 Å². The maximum atomic E-state index is 12.3. The second-order valence-corrected chi connectivity index (χ2v) is 7.29. The van der Waals surface area contributed by atoms with E-state index in [-0.39, 0.29) is 24.5 Å². The van der Waals surface area contributed by atoms with Crippen molar-refractivity contribution in [2.45, 2.75) is 39.7 Å². The van der Waals surface area contributed by atoms with E-state index in [2.05, 4.69) is 5.32 Å². The molecule has 2 amide bonds. The molecule has 0 radical (unpaired) electrons. The molecule has 7 nitrogen and oxygen atoms in total. The fraction of sp³-hybridized carbons (Fsp3) is 0.500. The number of carboxylic acid groups (broad SMARTS) is 1. The molecular formula is C18H24N2O5. The molecule has 0 spiro atoms. The lowest BCUT2D eigenvalue weighted by molar-refractivity contribution is -0.142. The van der Waals surface area contributed by atoms with Crippen LogP contribution >= 0.6 is 0 Å². The van der Waals surface area contributed by atoms with Crippen LogP contribution in [0.5, 0.6) is 5.75 Å². The third kappa shape index (κ3) is 5.20. The van der Waals surface area contributed by atoms with Crippen molar-refractivity contribution in [2.75, 3.05) is 18.1 Å². The molecule has 2 N–H and O–H groups in total. The van der Waals surface area contributed by atoms with E-state index in [1.54, 1.807) is 24.3 Å². The third-order valence-electron chi connectivity index (χ3n) is 3.93. The highest BCUT2D eigenvalue weighted by Gasteiger charge is 2.29. The number of amides is 2. The van der Waals surface area contributed by atoms with Crippen molar-refractivity contribution in [3.8, 4) is 5.75 Å². The predicted molar refractivity (Wildman–Crippen MR) is 92.5 cm³/mol.